The summed E-state index contributed by atoms with van der Waals surface area (Å²) in [5, 5.41) is 2.70. The summed E-state index contributed by atoms with van der Waals surface area (Å²) in [6, 6.07) is 1.58. The van der Waals surface area contributed by atoms with Gasteiger partial charge in [0.2, 0.25) is 5.91 Å². The maximum atomic E-state index is 12.4. The number of anilines is 1. The van der Waals surface area contributed by atoms with Gasteiger partial charge in [-0.1, -0.05) is 84.0 Å². The lowest BCUT2D eigenvalue weighted by Gasteiger charge is -2.15. The molecule has 1 aromatic heterocycles. The summed E-state index contributed by atoms with van der Waals surface area (Å²) in [5.74, 6) is 0.103. The normalized spacial score (nSPS) is 18.1. The van der Waals surface area contributed by atoms with Crippen LogP contribution in [0.15, 0.2) is 17.1 Å². The molecule has 3 atom stereocenters. The average molecular weight is 513 g/mol. The predicted octanol–water partition coefficient (Wildman–Crippen LogP) is 6.01. The van der Waals surface area contributed by atoms with Gasteiger partial charge < -0.3 is 10.1 Å². The first-order valence-corrected chi connectivity index (χ1v) is 14.5. The number of unbranched alkanes of at least 4 members (excludes halogenated alkanes) is 12. The first-order valence-electron chi connectivity index (χ1n) is 13.3. The monoisotopic (exact) mass is 512 g/mol. The van der Waals surface area contributed by atoms with Gasteiger partial charge in [0.25, 0.3) is 0 Å². The molecule has 0 saturated carbocycles. The first kappa shape index (κ1) is 29.6. The topological polar surface area (TPSA) is 120 Å². The lowest BCUT2D eigenvalue weighted by Crippen LogP contribution is -2.28. The highest BCUT2D eigenvalue weighted by Gasteiger charge is 2.30. The van der Waals surface area contributed by atoms with E-state index in [2.05, 4.69) is 21.7 Å². The number of carbonyl (C=O) groups is 1. The van der Waals surface area contributed by atoms with Crippen molar-refractivity contribution in [2.75, 3.05) is 11.9 Å². The fourth-order valence-electron chi connectivity index (χ4n) is 4.37. The molecule has 1 saturated heterocycles. The van der Waals surface area contributed by atoms with Gasteiger partial charge >= 0.3 is 13.9 Å². The van der Waals surface area contributed by atoms with Crippen LogP contribution in [0.25, 0.3) is 0 Å². The number of ether oxygens (including phenoxy) is 1. The molecular formula is C25H43N3O6P+. The number of hydrogen-bond donors (Lipinski definition) is 2. The van der Waals surface area contributed by atoms with E-state index in [0.717, 1.165) is 19.3 Å². The molecule has 1 amide bonds. The zero-order chi connectivity index (χ0) is 25.3. The Balaban J connectivity index is 1.54. The van der Waals surface area contributed by atoms with Crippen molar-refractivity contribution in [1.29, 1.82) is 0 Å². The van der Waals surface area contributed by atoms with Crippen LogP contribution < -0.4 is 11.0 Å². The molecule has 10 heteroatoms. The Bertz CT molecular complexity index is 819. The smallest absolute Gasteiger partial charge is 0.352 e. The Morgan fingerprint density at radius 3 is 2.26 bits per heavy atom. The molecule has 0 radical (unpaired) electrons. The lowest BCUT2D eigenvalue weighted by molar-refractivity contribution is -0.116. The summed E-state index contributed by atoms with van der Waals surface area (Å²) in [7, 11) is -2.67. The van der Waals surface area contributed by atoms with Gasteiger partial charge in [0.05, 0.1) is 6.10 Å². The van der Waals surface area contributed by atoms with Crippen LogP contribution in [0.1, 0.15) is 116 Å². The second-order valence-electron chi connectivity index (χ2n) is 9.37. The van der Waals surface area contributed by atoms with Crippen LogP contribution >= 0.6 is 8.25 Å². The highest BCUT2D eigenvalue weighted by Crippen LogP contribution is 2.29. The molecule has 2 N–H and O–H groups in total. The van der Waals surface area contributed by atoms with Crippen molar-refractivity contribution < 1.29 is 23.5 Å². The highest BCUT2D eigenvalue weighted by molar-refractivity contribution is 7.32. The Labute approximate surface area is 210 Å². The van der Waals surface area contributed by atoms with Gasteiger partial charge in [-0.3, -0.25) is 9.36 Å². The molecule has 0 bridgehead atoms. The molecule has 35 heavy (non-hydrogen) atoms. The third kappa shape index (κ3) is 12.7. The zero-order valence-corrected chi connectivity index (χ0v) is 22.1. The van der Waals surface area contributed by atoms with E-state index in [9.17, 15) is 14.2 Å². The highest BCUT2D eigenvalue weighted by atomic mass is 31.1. The van der Waals surface area contributed by atoms with Crippen LogP contribution in [0, 0.1) is 0 Å². The van der Waals surface area contributed by atoms with E-state index in [4.69, 9.17) is 9.63 Å². The number of nitrogens with one attached hydrogen (secondary N) is 1. The first-order chi connectivity index (χ1) is 17.0. The third-order valence-corrected chi connectivity index (χ3v) is 6.74. The van der Waals surface area contributed by atoms with Crippen LogP contribution in [0.4, 0.5) is 5.82 Å². The molecule has 0 aliphatic carbocycles. The maximum absolute atomic E-state index is 12.4. The van der Waals surface area contributed by atoms with E-state index >= 15 is 0 Å². The summed E-state index contributed by atoms with van der Waals surface area (Å²) in [6.07, 6.45) is 18.7. The molecule has 1 aromatic rings. The van der Waals surface area contributed by atoms with Crippen molar-refractivity contribution in [3.63, 3.8) is 0 Å². The van der Waals surface area contributed by atoms with E-state index in [-0.39, 0.29) is 24.4 Å². The second kappa shape index (κ2) is 17.7. The maximum Gasteiger partial charge on any atom is 0.694 e. The average Bonchev–Trinajstić information content (AvgIpc) is 3.29. The Morgan fingerprint density at radius 2 is 1.69 bits per heavy atom. The van der Waals surface area contributed by atoms with Gasteiger partial charge in [-0.05, 0) is 25.3 Å². The van der Waals surface area contributed by atoms with E-state index in [1.54, 1.807) is 12.3 Å². The van der Waals surface area contributed by atoms with E-state index in [0.29, 0.717) is 19.3 Å². The van der Waals surface area contributed by atoms with Gasteiger partial charge in [-0.25, -0.2) is 4.79 Å². The summed E-state index contributed by atoms with van der Waals surface area (Å²) in [6.45, 7) is 2.25. The molecule has 1 aliphatic rings. The number of hydrogen-bond acceptors (Lipinski definition) is 6. The van der Waals surface area contributed by atoms with Gasteiger partial charge in [0.1, 0.15) is 18.7 Å². The van der Waals surface area contributed by atoms with Gasteiger partial charge in [-0.15, -0.1) is 9.42 Å². The lowest BCUT2D eigenvalue weighted by atomic mass is 10.0. The van der Waals surface area contributed by atoms with Crippen molar-refractivity contribution in [1.82, 2.24) is 9.55 Å². The largest absolute Gasteiger partial charge is 0.694 e. The molecule has 0 aromatic carbocycles. The number of carbonyl (C=O) groups excluding carboxylic acids is 1. The van der Waals surface area contributed by atoms with Crippen molar-refractivity contribution >= 4 is 20.0 Å². The summed E-state index contributed by atoms with van der Waals surface area (Å²) < 4.78 is 22.4. The minimum Gasteiger partial charge on any atom is -0.352 e. The molecule has 2 heterocycles. The molecule has 1 unspecified atom stereocenters. The Hall–Kier alpha value is -1.67. The van der Waals surface area contributed by atoms with Crippen molar-refractivity contribution in [2.45, 2.75) is 122 Å². The van der Waals surface area contributed by atoms with Crippen molar-refractivity contribution in [3.8, 4) is 0 Å². The molecule has 0 spiro atoms. The van der Waals surface area contributed by atoms with E-state index in [1.807, 2.05) is 0 Å². The van der Waals surface area contributed by atoms with Crippen LogP contribution in [-0.4, -0.2) is 33.1 Å². The number of nitrogens with zero attached hydrogens (tertiary/aromatic N) is 2. The molecule has 1 fully saturated rings. The Morgan fingerprint density at radius 1 is 1.09 bits per heavy atom. The molecular weight excluding hydrogens is 469 g/mol. The van der Waals surface area contributed by atoms with Crippen LogP contribution in [0.3, 0.4) is 0 Å². The summed E-state index contributed by atoms with van der Waals surface area (Å²) in [4.78, 5) is 37.2. The second-order valence-corrected chi connectivity index (χ2v) is 10.1. The number of amides is 1. The Kier molecular flexibility index (Phi) is 15.0. The fourth-order valence-corrected chi connectivity index (χ4v) is 4.66. The standard InChI is InChI=1S/C25H42N3O6P/c1-2-3-4-5-6-7-8-9-10-11-12-13-14-15-23(29)26-22-18-19-28(25(30)27-22)24-17-16-21(34-24)20-33-35(31)32/h18-19,21,24H,2-17,20H2,1H3,(H-,26,27,29,30,31,32)/p+1/t21-,24+/m0/s1. The number of aromatic nitrogens is 2. The van der Waals surface area contributed by atoms with Crippen LogP contribution in [0.5, 0.6) is 0 Å². The zero-order valence-electron chi connectivity index (χ0n) is 21.2. The minimum absolute atomic E-state index is 0.00226. The quantitative estimate of drug-likeness (QED) is 0.172. The molecule has 1 aliphatic heterocycles. The molecule has 2 rings (SSSR count). The molecule has 198 valence electrons. The minimum atomic E-state index is -2.67. The van der Waals surface area contributed by atoms with Crippen molar-refractivity contribution in [2.24, 2.45) is 0 Å². The van der Waals surface area contributed by atoms with Gasteiger partial charge in [0, 0.05) is 17.2 Å². The summed E-state index contributed by atoms with van der Waals surface area (Å²) >= 11 is 0. The van der Waals surface area contributed by atoms with E-state index < -0.39 is 20.2 Å². The van der Waals surface area contributed by atoms with Gasteiger partial charge in [0.15, 0.2) is 0 Å². The predicted molar refractivity (Wildman–Crippen MR) is 136 cm³/mol. The fraction of sp³-hybridized carbons (Fsp3) is 0.800. The third-order valence-electron chi connectivity index (χ3n) is 6.37. The van der Waals surface area contributed by atoms with Crippen LogP contribution in [-0.2, 0) is 18.6 Å². The summed E-state index contributed by atoms with van der Waals surface area (Å²) in [5.41, 5.74) is -0.511. The molecule has 9 nitrogen and oxygen atoms in total. The van der Waals surface area contributed by atoms with Gasteiger partial charge in [-0.2, -0.15) is 4.98 Å². The number of rotatable bonds is 19. The van der Waals surface area contributed by atoms with Crippen molar-refractivity contribution in [3.05, 3.63) is 22.7 Å². The SMILES string of the molecule is CCCCCCCCCCCCCCCC(=O)Nc1ccn([C@H]2CC[C@@H](CO[P+](=O)O)O2)c(=O)n1. The van der Waals surface area contributed by atoms with Crippen LogP contribution in [0.2, 0.25) is 0 Å². The van der Waals surface area contributed by atoms with E-state index in [1.165, 1.54) is 68.8 Å².